The molecule has 0 bridgehead atoms. The van der Waals surface area contributed by atoms with Gasteiger partial charge in [0, 0.05) is 69.3 Å². The molecule has 12 heteroatoms. The normalized spacial score (nSPS) is 11.4. The van der Waals surface area contributed by atoms with E-state index in [-0.39, 0.29) is 5.69 Å². The van der Waals surface area contributed by atoms with Crippen LogP contribution >= 0.6 is 0 Å². The lowest BCUT2D eigenvalue weighted by Crippen LogP contribution is -1.99. The Bertz CT molecular complexity index is 3560. The average molecular weight is 824 g/mol. The van der Waals surface area contributed by atoms with Crippen molar-refractivity contribution in [3.8, 4) is 62.9 Å². The molecule has 0 N–H and O–H groups in total. The molecule has 0 spiro atoms. The molecule has 0 unspecified atom stereocenters. The Kier molecular flexibility index (Phi) is 9.01. The van der Waals surface area contributed by atoms with Crippen LogP contribution in [0.25, 0.3) is 77.8 Å². The van der Waals surface area contributed by atoms with Crippen LogP contribution in [0, 0.1) is 10.1 Å². The highest BCUT2D eigenvalue weighted by molar-refractivity contribution is 6.10. The van der Waals surface area contributed by atoms with Crippen LogP contribution in [-0.4, -0.2) is 41.1 Å². The summed E-state index contributed by atoms with van der Waals surface area (Å²) in [7, 11) is 1.65. The van der Waals surface area contributed by atoms with Crippen LogP contribution in [0.15, 0.2) is 183 Å². The summed E-state index contributed by atoms with van der Waals surface area (Å²) >= 11 is 0. The molecule has 0 fully saturated rings. The number of methoxy groups -OCH3 is 1. The first-order valence-corrected chi connectivity index (χ1v) is 20.0. The van der Waals surface area contributed by atoms with Gasteiger partial charge in [0.2, 0.25) is 0 Å². The van der Waals surface area contributed by atoms with Gasteiger partial charge >= 0.3 is 0 Å². The van der Waals surface area contributed by atoms with E-state index in [1.54, 1.807) is 25.7 Å². The minimum Gasteiger partial charge on any atom is -0.497 e. The van der Waals surface area contributed by atoms with Gasteiger partial charge in [-0.1, -0.05) is 60.7 Å². The third-order valence-electron chi connectivity index (χ3n) is 11.0. The third kappa shape index (κ3) is 6.77. The fourth-order valence-corrected chi connectivity index (χ4v) is 8.15. The van der Waals surface area contributed by atoms with Gasteiger partial charge in [0.15, 0.2) is 0 Å². The fourth-order valence-electron chi connectivity index (χ4n) is 8.15. The average Bonchev–Trinajstić information content (AvgIpc) is 3.84. The maximum absolute atomic E-state index is 11.6. The number of rotatable bonds is 10. The lowest BCUT2D eigenvalue weighted by atomic mass is 10.1. The minimum atomic E-state index is -0.419. The molecule has 0 saturated heterocycles. The van der Waals surface area contributed by atoms with Gasteiger partial charge in [0.25, 0.3) is 5.69 Å². The molecule has 0 saturated carbocycles. The molecular weight excluding hydrogens is 791 g/mol. The molecule has 11 aromatic rings. The SMILES string of the molecule is COc1ccnc(-n2c3ccccc3c3ccc(Oc4cccc(-c5cnc(-c6cccc(Oc7ccc8c9ccccc9n(-c9cc([N+](=O)[O-])ccn9)c8c7)c6)cn5)c4)cc32)c1. The lowest BCUT2D eigenvalue weighted by molar-refractivity contribution is -0.384. The van der Waals surface area contributed by atoms with Gasteiger partial charge in [-0.2, -0.15) is 0 Å². The Hall–Kier alpha value is -8.90. The van der Waals surface area contributed by atoms with E-state index in [0.29, 0.717) is 40.2 Å². The molecule has 11 rings (SSSR count). The fraction of sp³-hybridized carbons (Fsp3) is 0.0196. The van der Waals surface area contributed by atoms with E-state index in [9.17, 15) is 10.1 Å². The molecule has 0 aliphatic heterocycles. The second-order valence-electron chi connectivity index (χ2n) is 14.8. The largest absolute Gasteiger partial charge is 0.497 e. The van der Waals surface area contributed by atoms with Crippen LogP contribution in [0.4, 0.5) is 5.69 Å². The Morgan fingerprint density at radius 3 is 1.48 bits per heavy atom. The Labute approximate surface area is 359 Å². The van der Waals surface area contributed by atoms with E-state index >= 15 is 0 Å². The van der Waals surface area contributed by atoms with Crippen LogP contribution in [0.5, 0.6) is 28.7 Å². The highest BCUT2D eigenvalue weighted by Gasteiger charge is 2.18. The molecule has 5 heterocycles. The van der Waals surface area contributed by atoms with Crippen molar-refractivity contribution in [1.82, 2.24) is 29.1 Å². The van der Waals surface area contributed by atoms with Crippen molar-refractivity contribution in [3.63, 3.8) is 0 Å². The van der Waals surface area contributed by atoms with Crippen molar-refractivity contribution in [2.75, 3.05) is 7.11 Å². The summed E-state index contributed by atoms with van der Waals surface area (Å²) in [6.07, 6.45) is 6.70. The van der Waals surface area contributed by atoms with Crippen molar-refractivity contribution in [2.45, 2.75) is 0 Å². The van der Waals surface area contributed by atoms with Crippen molar-refractivity contribution in [2.24, 2.45) is 0 Å². The van der Waals surface area contributed by atoms with Crippen LogP contribution in [0.1, 0.15) is 0 Å². The van der Waals surface area contributed by atoms with Crippen molar-refractivity contribution < 1.29 is 19.1 Å². The number of nitrogens with zero attached hydrogens (tertiary/aromatic N) is 7. The number of ether oxygens (including phenoxy) is 3. The molecule has 0 aliphatic carbocycles. The van der Waals surface area contributed by atoms with Gasteiger partial charge in [-0.3, -0.25) is 29.2 Å². The summed E-state index contributed by atoms with van der Waals surface area (Å²) in [6.45, 7) is 0. The lowest BCUT2D eigenvalue weighted by Gasteiger charge is -2.11. The van der Waals surface area contributed by atoms with Crippen molar-refractivity contribution in [3.05, 3.63) is 193 Å². The van der Waals surface area contributed by atoms with E-state index in [2.05, 4.69) is 32.7 Å². The Morgan fingerprint density at radius 2 is 0.952 bits per heavy atom. The minimum absolute atomic E-state index is 0.0386. The first-order valence-electron chi connectivity index (χ1n) is 20.0. The first-order chi connectivity index (χ1) is 31.0. The summed E-state index contributed by atoms with van der Waals surface area (Å²) in [5.41, 5.74) is 6.69. The number of aromatic nitrogens is 6. The number of hydrogen-bond donors (Lipinski definition) is 0. The molecule has 0 amide bonds. The number of nitro groups is 1. The maximum atomic E-state index is 11.6. The standard InChI is InChI=1S/C51H33N7O5/c1-61-35-21-23-53-51(29-35)57-47-15-5-3-13-41(47)43-19-17-39(28-49(43)57)63-37-11-7-9-33(25-37)45-31-54-44(30-55-45)32-8-6-10-36(24-32)62-38-16-18-42-40-12-2-4-14-46(40)56(48(42)27-38)50-26-34(58(59)60)20-22-52-50/h2-31H,1H3. The van der Waals surface area contributed by atoms with E-state index in [0.717, 1.165) is 66.3 Å². The highest BCUT2D eigenvalue weighted by Crippen LogP contribution is 2.38. The highest BCUT2D eigenvalue weighted by atomic mass is 16.6. The molecular formula is C51H33N7O5. The third-order valence-corrected chi connectivity index (χ3v) is 11.0. The van der Waals surface area contributed by atoms with E-state index in [1.165, 1.54) is 18.3 Å². The smallest absolute Gasteiger partial charge is 0.274 e. The van der Waals surface area contributed by atoms with Gasteiger partial charge in [0.05, 0.1) is 63.9 Å². The first kappa shape index (κ1) is 37.1. The van der Waals surface area contributed by atoms with Crippen molar-refractivity contribution >= 4 is 49.3 Å². The summed E-state index contributed by atoms with van der Waals surface area (Å²) in [5.74, 6) is 4.45. The molecule has 0 atom stereocenters. The molecule has 302 valence electrons. The molecule has 63 heavy (non-hydrogen) atoms. The van der Waals surface area contributed by atoms with Gasteiger partial charge in [0.1, 0.15) is 40.4 Å². The monoisotopic (exact) mass is 823 g/mol. The van der Waals surface area contributed by atoms with Gasteiger partial charge in [-0.05, 0) is 66.7 Å². The van der Waals surface area contributed by atoms with E-state index in [4.69, 9.17) is 24.2 Å². The zero-order chi connectivity index (χ0) is 42.4. The Morgan fingerprint density at radius 1 is 0.460 bits per heavy atom. The van der Waals surface area contributed by atoms with Crippen molar-refractivity contribution in [1.29, 1.82) is 0 Å². The predicted molar refractivity (Wildman–Crippen MR) is 243 cm³/mol. The van der Waals surface area contributed by atoms with Crippen LogP contribution in [-0.2, 0) is 0 Å². The van der Waals surface area contributed by atoms with Crippen LogP contribution < -0.4 is 14.2 Å². The second kappa shape index (κ2) is 15.3. The summed E-state index contributed by atoms with van der Waals surface area (Å²) < 4.78 is 22.4. The molecule has 0 aliphatic rings. The zero-order valence-corrected chi connectivity index (χ0v) is 33.5. The molecule has 6 aromatic carbocycles. The summed E-state index contributed by atoms with van der Waals surface area (Å²) in [4.78, 5) is 30.0. The van der Waals surface area contributed by atoms with Crippen LogP contribution in [0.3, 0.4) is 0 Å². The van der Waals surface area contributed by atoms with Crippen LogP contribution in [0.2, 0.25) is 0 Å². The number of pyridine rings is 2. The second-order valence-corrected chi connectivity index (χ2v) is 14.8. The van der Waals surface area contributed by atoms with Gasteiger partial charge < -0.3 is 14.2 Å². The summed E-state index contributed by atoms with van der Waals surface area (Å²) in [5, 5.41) is 15.8. The number of benzene rings is 6. The molecule has 0 radical (unpaired) electrons. The maximum Gasteiger partial charge on any atom is 0.274 e. The van der Waals surface area contributed by atoms with E-state index < -0.39 is 4.92 Å². The Balaban J connectivity index is 0.850. The van der Waals surface area contributed by atoms with Gasteiger partial charge in [-0.15, -0.1) is 0 Å². The zero-order valence-electron chi connectivity index (χ0n) is 33.5. The number of fused-ring (bicyclic) bond motifs is 6. The topological polar surface area (TPSA) is 132 Å². The summed E-state index contributed by atoms with van der Waals surface area (Å²) in [6, 6.07) is 50.2. The molecule has 5 aromatic heterocycles. The van der Waals surface area contributed by atoms with Gasteiger partial charge in [-0.25, -0.2) is 9.97 Å². The van der Waals surface area contributed by atoms with E-state index in [1.807, 2.05) is 132 Å². The number of hydrogen-bond acceptors (Lipinski definition) is 9. The number of para-hydroxylation sites is 2. The predicted octanol–water partition coefficient (Wildman–Crippen LogP) is 12.3. The molecule has 12 nitrogen and oxygen atoms in total. The quantitative estimate of drug-likeness (QED) is 0.0976.